The molecular formula is C15H21N3OS. The lowest BCUT2D eigenvalue weighted by molar-refractivity contribution is -0.121. The smallest absolute Gasteiger partial charge is 0.220 e. The highest BCUT2D eigenvalue weighted by atomic mass is 32.1. The predicted octanol–water partition coefficient (Wildman–Crippen LogP) is 2.91. The van der Waals surface area contributed by atoms with Crippen LogP contribution in [0.1, 0.15) is 41.2 Å². The summed E-state index contributed by atoms with van der Waals surface area (Å²) < 4.78 is 1.87. The molecule has 0 radical (unpaired) electrons. The highest BCUT2D eigenvalue weighted by Gasteiger charge is 2.13. The van der Waals surface area contributed by atoms with E-state index >= 15 is 0 Å². The molecule has 1 N–H and O–H groups in total. The molecule has 20 heavy (non-hydrogen) atoms. The molecule has 1 atom stereocenters. The summed E-state index contributed by atoms with van der Waals surface area (Å²) in [5, 5.41) is 9.45. The Bertz CT molecular complexity index is 587. The lowest BCUT2D eigenvalue weighted by atomic mass is 10.1. The number of nitrogens with one attached hydrogen (secondary N) is 1. The topological polar surface area (TPSA) is 46.9 Å². The van der Waals surface area contributed by atoms with Gasteiger partial charge in [-0.05, 0) is 44.2 Å². The molecule has 0 aliphatic carbocycles. The van der Waals surface area contributed by atoms with Gasteiger partial charge in [0, 0.05) is 24.0 Å². The highest BCUT2D eigenvalue weighted by molar-refractivity contribution is 7.10. The van der Waals surface area contributed by atoms with Crippen molar-refractivity contribution in [3.05, 3.63) is 39.3 Å². The average Bonchev–Trinajstić information content (AvgIpc) is 2.98. The van der Waals surface area contributed by atoms with E-state index in [4.69, 9.17) is 0 Å². The summed E-state index contributed by atoms with van der Waals surface area (Å²) in [5.41, 5.74) is 3.34. The summed E-state index contributed by atoms with van der Waals surface area (Å²) in [6.45, 7) is 6.06. The lowest BCUT2D eigenvalue weighted by Crippen LogP contribution is -2.26. The van der Waals surface area contributed by atoms with Crippen LogP contribution in [0.2, 0.25) is 0 Å². The molecule has 0 aliphatic heterocycles. The van der Waals surface area contributed by atoms with E-state index in [-0.39, 0.29) is 11.9 Å². The van der Waals surface area contributed by atoms with Gasteiger partial charge in [-0.15, -0.1) is 11.3 Å². The summed E-state index contributed by atoms with van der Waals surface area (Å²) in [4.78, 5) is 13.2. The van der Waals surface area contributed by atoms with E-state index in [1.165, 1.54) is 10.4 Å². The molecular weight excluding hydrogens is 270 g/mol. The van der Waals surface area contributed by atoms with Crippen LogP contribution in [0, 0.1) is 13.8 Å². The van der Waals surface area contributed by atoms with Crippen LogP contribution in [-0.2, 0) is 18.3 Å². The van der Waals surface area contributed by atoms with Crippen molar-refractivity contribution in [1.29, 1.82) is 0 Å². The molecule has 2 aromatic rings. The SMILES string of the molecule is Cc1nn(C)c(C)c1CCC(=O)N[C@H](C)c1cccs1. The zero-order valence-corrected chi connectivity index (χ0v) is 13.3. The van der Waals surface area contributed by atoms with Crippen molar-refractivity contribution in [2.75, 3.05) is 0 Å². The Morgan fingerprint density at radius 2 is 2.25 bits per heavy atom. The second-order valence-electron chi connectivity index (χ2n) is 5.08. The minimum absolute atomic E-state index is 0.0820. The van der Waals surface area contributed by atoms with Crippen molar-refractivity contribution in [3.63, 3.8) is 0 Å². The second-order valence-corrected chi connectivity index (χ2v) is 6.06. The first kappa shape index (κ1) is 14.8. The summed E-state index contributed by atoms with van der Waals surface area (Å²) >= 11 is 1.67. The minimum Gasteiger partial charge on any atom is -0.349 e. The normalized spacial score (nSPS) is 12.4. The van der Waals surface area contributed by atoms with Crippen LogP contribution in [0.5, 0.6) is 0 Å². The molecule has 0 aliphatic rings. The van der Waals surface area contributed by atoms with Gasteiger partial charge in [0.1, 0.15) is 0 Å². The number of thiophene rings is 1. The van der Waals surface area contributed by atoms with Gasteiger partial charge in [-0.1, -0.05) is 6.07 Å². The molecule has 0 unspecified atom stereocenters. The van der Waals surface area contributed by atoms with Gasteiger partial charge in [-0.25, -0.2) is 0 Å². The summed E-state index contributed by atoms with van der Waals surface area (Å²) in [6.07, 6.45) is 1.25. The predicted molar refractivity (Wildman–Crippen MR) is 81.9 cm³/mol. The fraction of sp³-hybridized carbons (Fsp3) is 0.467. The molecule has 2 aromatic heterocycles. The maximum atomic E-state index is 12.0. The number of aromatic nitrogens is 2. The Hall–Kier alpha value is -1.62. The number of rotatable bonds is 5. The van der Waals surface area contributed by atoms with E-state index in [0.29, 0.717) is 6.42 Å². The van der Waals surface area contributed by atoms with E-state index in [1.807, 2.05) is 50.0 Å². The van der Waals surface area contributed by atoms with Gasteiger partial charge < -0.3 is 5.32 Å². The number of carbonyl (C=O) groups is 1. The molecule has 0 fully saturated rings. The Morgan fingerprint density at radius 1 is 1.50 bits per heavy atom. The summed E-state index contributed by atoms with van der Waals surface area (Å²) in [7, 11) is 1.94. The number of hydrogen-bond acceptors (Lipinski definition) is 3. The Balaban J connectivity index is 1.89. The van der Waals surface area contributed by atoms with Gasteiger partial charge in [0.25, 0.3) is 0 Å². The summed E-state index contributed by atoms with van der Waals surface area (Å²) in [5.74, 6) is 0.0913. The van der Waals surface area contributed by atoms with Gasteiger partial charge in [0.15, 0.2) is 0 Å². The second kappa shape index (κ2) is 6.22. The van der Waals surface area contributed by atoms with E-state index in [1.54, 1.807) is 11.3 Å². The van der Waals surface area contributed by atoms with E-state index in [2.05, 4.69) is 10.4 Å². The number of nitrogens with zero attached hydrogens (tertiary/aromatic N) is 2. The van der Waals surface area contributed by atoms with Crippen molar-refractivity contribution in [2.24, 2.45) is 7.05 Å². The van der Waals surface area contributed by atoms with Gasteiger partial charge in [-0.3, -0.25) is 9.48 Å². The minimum atomic E-state index is 0.0820. The standard InChI is InChI=1S/C15H21N3OS/c1-10-13(12(3)18(4)17-10)7-8-15(19)16-11(2)14-6-5-9-20-14/h5-6,9,11H,7-8H2,1-4H3,(H,16,19)/t11-/m1/s1. The summed E-state index contributed by atoms with van der Waals surface area (Å²) in [6, 6.07) is 4.13. The number of aryl methyl sites for hydroxylation is 2. The fourth-order valence-electron chi connectivity index (χ4n) is 2.34. The Kier molecular flexibility index (Phi) is 4.60. The molecule has 0 saturated heterocycles. The third-order valence-corrected chi connectivity index (χ3v) is 4.66. The molecule has 0 bridgehead atoms. The van der Waals surface area contributed by atoms with Crippen LogP contribution in [0.4, 0.5) is 0 Å². The number of hydrogen-bond donors (Lipinski definition) is 1. The van der Waals surface area contributed by atoms with Crippen LogP contribution < -0.4 is 5.32 Å². The maximum Gasteiger partial charge on any atom is 0.220 e. The van der Waals surface area contributed by atoms with Gasteiger partial charge in [0.05, 0.1) is 11.7 Å². The van der Waals surface area contributed by atoms with Gasteiger partial charge in [0.2, 0.25) is 5.91 Å². The highest BCUT2D eigenvalue weighted by Crippen LogP contribution is 2.19. The molecule has 0 spiro atoms. The van der Waals surface area contributed by atoms with Gasteiger partial charge in [-0.2, -0.15) is 5.10 Å². The molecule has 108 valence electrons. The van der Waals surface area contributed by atoms with E-state index in [0.717, 1.165) is 17.8 Å². The van der Waals surface area contributed by atoms with Crippen LogP contribution in [0.15, 0.2) is 17.5 Å². The van der Waals surface area contributed by atoms with Crippen LogP contribution in [-0.4, -0.2) is 15.7 Å². The van der Waals surface area contributed by atoms with Crippen molar-refractivity contribution >= 4 is 17.2 Å². The third kappa shape index (κ3) is 3.28. The van der Waals surface area contributed by atoms with Crippen molar-refractivity contribution in [1.82, 2.24) is 15.1 Å². The van der Waals surface area contributed by atoms with Crippen molar-refractivity contribution in [3.8, 4) is 0 Å². The van der Waals surface area contributed by atoms with Crippen LogP contribution >= 0.6 is 11.3 Å². The quantitative estimate of drug-likeness (QED) is 0.920. The zero-order valence-electron chi connectivity index (χ0n) is 12.4. The van der Waals surface area contributed by atoms with Crippen molar-refractivity contribution in [2.45, 2.75) is 39.7 Å². The molecule has 0 saturated carbocycles. The first-order valence-corrected chi connectivity index (χ1v) is 7.69. The molecule has 0 aromatic carbocycles. The molecule has 2 rings (SSSR count). The Labute approximate surface area is 123 Å². The zero-order chi connectivity index (χ0) is 14.7. The lowest BCUT2D eigenvalue weighted by Gasteiger charge is -2.12. The van der Waals surface area contributed by atoms with Gasteiger partial charge >= 0.3 is 0 Å². The molecule has 4 nitrogen and oxygen atoms in total. The molecule has 2 heterocycles. The molecule has 5 heteroatoms. The fourth-order valence-corrected chi connectivity index (χ4v) is 3.07. The first-order valence-electron chi connectivity index (χ1n) is 6.81. The maximum absolute atomic E-state index is 12.0. The molecule has 1 amide bonds. The first-order chi connectivity index (χ1) is 9.49. The Morgan fingerprint density at radius 3 is 2.80 bits per heavy atom. The largest absolute Gasteiger partial charge is 0.349 e. The monoisotopic (exact) mass is 291 g/mol. The number of amides is 1. The van der Waals surface area contributed by atoms with Crippen molar-refractivity contribution < 1.29 is 4.79 Å². The van der Waals surface area contributed by atoms with E-state index in [9.17, 15) is 4.79 Å². The van der Waals surface area contributed by atoms with Crippen LogP contribution in [0.3, 0.4) is 0 Å². The van der Waals surface area contributed by atoms with Crippen LogP contribution in [0.25, 0.3) is 0 Å². The van der Waals surface area contributed by atoms with E-state index < -0.39 is 0 Å². The third-order valence-electron chi connectivity index (χ3n) is 3.61. The average molecular weight is 291 g/mol. The number of carbonyl (C=O) groups excluding carboxylic acids is 1.